The molecule has 1 aromatic heterocycles. The predicted molar refractivity (Wildman–Crippen MR) is 124 cm³/mol. The van der Waals surface area contributed by atoms with Crippen LogP contribution in [-0.4, -0.2) is 47.4 Å². The van der Waals surface area contributed by atoms with Gasteiger partial charge < -0.3 is 10.1 Å². The Morgan fingerprint density at radius 1 is 1.03 bits per heavy atom. The van der Waals surface area contributed by atoms with E-state index < -0.39 is 5.97 Å². The molecule has 0 bridgehead atoms. The van der Waals surface area contributed by atoms with Crippen molar-refractivity contribution in [3.8, 4) is 0 Å². The van der Waals surface area contributed by atoms with Gasteiger partial charge in [-0.3, -0.25) is 14.5 Å². The smallest absolute Gasteiger partial charge is 0.359 e. The van der Waals surface area contributed by atoms with Crippen molar-refractivity contribution in [2.24, 2.45) is 0 Å². The molecule has 2 aromatic carbocycles. The zero-order valence-corrected chi connectivity index (χ0v) is 18.7. The number of nitrogens with one attached hydrogen (secondary N) is 1. The number of fused-ring (bicyclic) bond motifs is 1. The molecule has 3 aromatic rings. The Morgan fingerprint density at radius 2 is 1.71 bits per heavy atom. The topological polar surface area (TPSA) is 88.6 Å². The Morgan fingerprint density at radius 3 is 2.35 bits per heavy atom. The maximum atomic E-state index is 13.2. The lowest BCUT2D eigenvalue weighted by atomic mass is 10.1. The molecule has 0 fully saturated rings. The van der Waals surface area contributed by atoms with E-state index in [1.165, 1.54) is 17.0 Å². The van der Waals surface area contributed by atoms with Crippen LogP contribution in [0.2, 0.25) is 0 Å². The molecule has 2 amide bonds. The molecule has 8 heteroatoms. The van der Waals surface area contributed by atoms with E-state index in [0.29, 0.717) is 36.2 Å². The van der Waals surface area contributed by atoms with Crippen LogP contribution < -0.4 is 5.32 Å². The molecule has 0 spiro atoms. The van der Waals surface area contributed by atoms with Crippen molar-refractivity contribution in [3.63, 3.8) is 0 Å². The predicted octanol–water partition coefficient (Wildman–Crippen LogP) is 4.09. The van der Waals surface area contributed by atoms with Crippen LogP contribution in [0.3, 0.4) is 0 Å². The fourth-order valence-corrected chi connectivity index (χ4v) is 3.84. The SMILES string of the molecule is CCOC(=O)c1ncc(Cc2ccc(F)cc2)cc1NCCCN1C(=O)c2ccccc2C1=O. The maximum absolute atomic E-state index is 13.2. The normalized spacial score (nSPS) is 12.6. The quantitative estimate of drug-likeness (QED) is 0.293. The number of ether oxygens (including phenoxy) is 1. The first-order valence-electron chi connectivity index (χ1n) is 11.1. The molecule has 34 heavy (non-hydrogen) atoms. The van der Waals surface area contributed by atoms with Gasteiger partial charge in [-0.2, -0.15) is 0 Å². The minimum Gasteiger partial charge on any atom is -0.461 e. The molecule has 4 rings (SSSR count). The molecule has 0 radical (unpaired) electrons. The molecule has 0 saturated carbocycles. The summed E-state index contributed by atoms with van der Waals surface area (Å²) < 4.78 is 18.3. The van der Waals surface area contributed by atoms with E-state index in [-0.39, 0.29) is 36.5 Å². The third-order valence-corrected chi connectivity index (χ3v) is 5.49. The van der Waals surface area contributed by atoms with Gasteiger partial charge in [-0.15, -0.1) is 0 Å². The van der Waals surface area contributed by atoms with Crippen molar-refractivity contribution >= 4 is 23.5 Å². The summed E-state index contributed by atoms with van der Waals surface area (Å²) in [5, 5.41) is 3.19. The van der Waals surface area contributed by atoms with Crippen molar-refractivity contribution in [2.45, 2.75) is 19.8 Å². The van der Waals surface area contributed by atoms with Crippen LogP contribution >= 0.6 is 0 Å². The molecule has 1 N–H and O–H groups in total. The van der Waals surface area contributed by atoms with Gasteiger partial charge in [-0.25, -0.2) is 14.2 Å². The number of pyridine rings is 1. The van der Waals surface area contributed by atoms with Crippen molar-refractivity contribution in [3.05, 3.63) is 94.6 Å². The second-order valence-electron chi connectivity index (χ2n) is 7.85. The van der Waals surface area contributed by atoms with Crippen LogP contribution in [0, 0.1) is 5.82 Å². The second kappa shape index (κ2) is 10.2. The molecule has 0 atom stereocenters. The number of halogens is 1. The number of nitrogens with zero attached hydrogens (tertiary/aromatic N) is 2. The number of carbonyl (C=O) groups is 3. The largest absolute Gasteiger partial charge is 0.461 e. The van der Waals surface area contributed by atoms with Gasteiger partial charge in [0, 0.05) is 19.3 Å². The number of rotatable bonds is 9. The Labute approximate surface area is 196 Å². The highest BCUT2D eigenvalue weighted by Crippen LogP contribution is 2.23. The van der Waals surface area contributed by atoms with Crippen LogP contribution in [-0.2, 0) is 11.2 Å². The Bertz CT molecular complexity index is 1190. The van der Waals surface area contributed by atoms with Crippen LogP contribution in [0.15, 0.2) is 60.8 Å². The van der Waals surface area contributed by atoms with E-state index in [2.05, 4.69) is 10.3 Å². The number of carbonyl (C=O) groups excluding carboxylic acids is 3. The average Bonchev–Trinajstić information content (AvgIpc) is 3.08. The molecule has 174 valence electrons. The number of amides is 2. The minimum atomic E-state index is -0.543. The van der Waals surface area contributed by atoms with Gasteiger partial charge in [0.25, 0.3) is 11.8 Å². The number of hydrogen-bond acceptors (Lipinski definition) is 6. The molecule has 0 aliphatic carbocycles. The van der Waals surface area contributed by atoms with Gasteiger partial charge >= 0.3 is 5.97 Å². The summed E-state index contributed by atoms with van der Waals surface area (Å²) >= 11 is 0. The fraction of sp³-hybridized carbons (Fsp3) is 0.231. The number of imide groups is 1. The van der Waals surface area contributed by atoms with Gasteiger partial charge in [0.05, 0.1) is 23.4 Å². The molecule has 0 saturated heterocycles. The number of aromatic nitrogens is 1. The van der Waals surface area contributed by atoms with Crippen LogP contribution in [0.1, 0.15) is 55.7 Å². The first-order chi connectivity index (χ1) is 16.5. The summed E-state index contributed by atoms with van der Waals surface area (Å²) in [5.41, 5.74) is 3.24. The summed E-state index contributed by atoms with van der Waals surface area (Å²) in [6, 6.07) is 14.8. The fourth-order valence-electron chi connectivity index (χ4n) is 3.84. The summed E-state index contributed by atoms with van der Waals surface area (Å²) in [6.07, 6.45) is 2.59. The van der Waals surface area contributed by atoms with E-state index in [1.807, 2.05) is 6.07 Å². The third kappa shape index (κ3) is 4.96. The lowest BCUT2D eigenvalue weighted by Gasteiger charge is -2.16. The van der Waals surface area contributed by atoms with Gasteiger partial charge in [0.1, 0.15) is 5.82 Å². The number of esters is 1. The standard InChI is InChI=1S/C26H24FN3O4/c1-2-34-26(33)23-22(15-18(16-29-23)14-17-8-10-19(27)11-9-17)28-12-5-13-30-24(31)20-6-3-4-7-21(20)25(30)32/h3-4,6-11,15-16,28H,2,5,12-14H2,1H3. The summed E-state index contributed by atoms with van der Waals surface area (Å²) in [7, 11) is 0. The van der Waals surface area contributed by atoms with Gasteiger partial charge in [-0.05, 0) is 61.2 Å². The van der Waals surface area contributed by atoms with Gasteiger partial charge in [0.2, 0.25) is 0 Å². The van der Waals surface area contributed by atoms with Crippen molar-refractivity contribution in [1.29, 1.82) is 0 Å². The molecule has 1 aliphatic heterocycles. The Hall–Kier alpha value is -4.07. The zero-order chi connectivity index (χ0) is 24.1. The Balaban J connectivity index is 1.43. The molecule has 0 unspecified atom stereocenters. The van der Waals surface area contributed by atoms with Crippen LogP contribution in [0.25, 0.3) is 0 Å². The highest BCUT2D eigenvalue weighted by Gasteiger charge is 2.34. The number of benzene rings is 2. The molecule has 1 aliphatic rings. The molecular weight excluding hydrogens is 437 g/mol. The lowest BCUT2D eigenvalue weighted by molar-refractivity contribution is 0.0520. The van der Waals surface area contributed by atoms with Crippen molar-refractivity contribution in [2.75, 3.05) is 25.0 Å². The van der Waals surface area contributed by atoms with Crippen molar-refractivity contribution < 1.29 is 23.5 Å². The van der Waals surface area contributed by atoms with E-state index >= 15 is 0 Å². The highest BCUT2D eigenvalue weighted by atomic mass is 19.1. The van der Waals surface area contributed by atoms with E-state index in [4.69, 9.17) is 4.74 Å². The first-order valence-corrected chi connectivity index (χ1v) is 11.1. The summed E-state index contributed by atoms with van der Waals surface area (Å²) in [4.78, 5) is 42.9. The Kier molecular flexibility index (Phi) is 6.96. The lowest BCUT2D eigenvalue weighted by Crippen LogP contribution is -2.31. The van der Waals surface area contributed by atoms with E-state index in [9.17, 15) is 18.8 Å². The molecular formula is C26H24FN3O4. The first kappa shape index (κ1) is 23.1. The molecule has 7 nitrogen and oxygen atoms in total. The number of hydrogen-bond donors (Lipinski definition) is 1. The van der Waals surface area contributed by atoms with Crippen LogP contribution in [0.4, 0.5) is 10.1 Å². The average molecular weight is 461 g/mol. The van der Waals surface area contributed by atoms with E-state index in [0.717, 1.165) is 11.1 Å². The second-order valence-corrected chi connectivity index (χ2v) is 7.85. The van der Waals surface area contributed by atoms with Crippen LogP contribution in [0.5, 0.6) is 0 Å². The molecule has 2 heterocycles. The summed E-state index contributed by atoms with van der Waals surface area (Å²) in [6.45, 7) is 2.59. The highest BCUT2D eigenvalue weighted by molar-refractivity contribution is 6.21. The van der Waals surface area contributed by atoms with Gasteiger partial charge in [0.15, 0.2) is 5.69 Å². The van der Waals surface area contributed by atoms with Crippen molar-refractivity contribution in [1.82, 2.24) is 9.88 Å². The third-order valence-electron chi connectivity index (χ3n) is 5.49. The van der Waals surface area contributed by atoms with Gasteiger partial charge in [-0.1, -0.05) is 24.3 Å². The maximum Gasteiger partial charge on any atom is 0.359 e. The zero-order valence-electron chi connectivity index (χ0n) is 18.7. The minimum absolute atomic E-state index is 0.158. The van der Waals surface area contributed by atoms with E-state index in [1.54, 1.807) is 49.5 Å². The monoisotopic (exact) mass is 461 g/mol. The number of anilines is 1. The summed E-state index contributed by atoms with van der Waals surface area (Å²) in [5.74, 6) is -1.44.